The van der Waals surface area contributed by atoms with E-state index in [1.807, 2.05) is 6.07 Å². The number of carbonyl (C=O) groups is 2. The van der Waals surface area contributed by atoms with Crippen LogP contribution in [0.3, 0.4) is 0 Å². The highest BCUT2D eigenvalue weighted by atomic mass is 16.4. The topological polar surface area (TPSA) is 92.4 Å². The third-order valence-electron chi connectivity index (χ3n) is 2.86. The van der Waals surface area contributed by atoms with E-state index in [1.165, 1.54) is 12.1 Å². The molecule has 2 aromatic rings. The van der Waals surface area contributed by atoms with Crippen LogP contribution in [0.25, 0.3) is 0 Å². The first-order valence-corrected chi connectivity index (χ1v) is 6.03. The average Bonchev–Trinajstić information content (AvgIpc) is 2.47. The van der Waals surface area contributed by atoms with Gasteiger partial charge < -0.3 is 16.2 Å². The van der Waals surface area contributed by atoms with Crippen LogP contribution < -0.4 is 11.1 Å². The number of hydrogen-bond acceptors (Lipinski definition) is 3. The van der Waals surface area contributed by atoms with Crippen LogP contribution in [-0.2, 0) is 4.79 Å². The summed E-state index contributed by atoms with van der Waals surface area (Å²) >= 11 is 0. The molecule has 0 radical (unpaired) electrons. The number of hydrogen-bond donors (Lipinski definition) is 3. The SMILES string of the molecule is NC(C(=O)Nc1ccccc1C(=O)O)c1ccccc1. The number of aromatic carboxylic acids is 1. The smallest absolute Gasteiger partial charge is 0.337 e. The summed E-state index contributed by atoms with van der Waals surface area (Å²) in [5, 5.41) is 11.6. The Balaban J connectivity index is 2.18. The van der Waals surface area contributed by atoms with E-state index in [0.717, 1.165) is 0 Å². The van der Waals surface area contributed by atoms with E-state index in [0.29, 0.717) is 5.56 Å². The van der Waals surface area contributed by atoms with Gasteiger partial charge in [0.25, 0.3) is 0 Å². The molecule has 102 valence electrons. The summed E-state index contributed by atoms with van der Waals surface area (Å²) in [7, 11) is 0. The van der Waals surface area contributed by atoms with Gasteiger partial charge in [0.2, 0.25) is 5.91 Å². The van der Waals surface area contributed by atoms with Gasteiger partial charge in [-0.25, -0.2) is 4.79 Å². The second-order valence-electron chi connectivity index (χ2n) is 4.23. The van der Waals surface area contributed by atoms with Gasteiger partial charge in [-0.05, 0) is 17.7 Å². The summed E-state index contributed by atoms with van der Waals surface area (Å²) in [6.07, 6.45) is 0. The van der Waals surface area contributed by atoms with Crippen LogP contribution in [0.4, 0.5) is 5.69 Å². The van der Waals surface area contributed by atoms with Crippen molar-refractivity contribution < 1.29 is 14.7 Å². The number of nitrogens with two attached hydrogens (primary N) is 1. The Bertz CT molecular complexity index is 626. The van der Waals surface area contributed by atoms with Crippen LogP contribution >= 0.6 is 0 Å². The Kier molecular flexibility index (Phi) is 4.12. The summed E-state index contributed by atoms with van der Waals surface area (Å²) in [6, 6.07) is 14.2. The summed E-state index contributed by atoms with van der Waals surface area (Å²) in [6.45, 7) is 0. The maximum atomic E-state index is 12.1. The highest BCUT2D eigenvalue weighted by Gasteiger charge is 2.18. The van der Waals surface area contributed by atoms with Crippen molar-refractivity contribution >= 4 is 17.6 Å². The molecule has 0 aliphatic rings. The van der Waals surface area contributed by atoms with Crippen LogP contribution in [0.15, 0.2) is 54.6 Å². The lowest BCUT2D eigenvalue weighted by Crippen LogP contribution is -2.28. The van der Waals surface area contributed by atoms with Crippen LogP contribution in [0.1, 0.15) is 22.0 Å². The minimum absolute atomic E-state index is 0.0288. The van der Waals surface area contributed by atoms with Gasteiger partial charge in [0.1, 0.15) is 6.04 Å². The molecule has 0 fully saturated rings. The highest BCUT2D eigenvalue weighted by Crippen LogP contribution is 2.17. The Labute approximate surface area is 116 Å². The molecular formula is C15H14N2O3. The second kappa shape index (κ2) is 5.99. The minimum Gasteiger partial charge on any atom is -0.478 e. The van der Waals surface area contributed by atoms with Crippen molar-refractivity contribution in [3.8, 4) is 0 Å². The maximum Gasteiger partial charge on any atom is 0.337 e. The fourth-order valence-corrected chi connectivity index (χ4v) is 1.80. The number of nitrogens with one attached hydrogen (secondary N) is 1. The van der Waals surface area contributed by atoms with E-state index in [1.54, 1.807) is 36.4 Å². The van der Waals surface area contributed by atoms with Crippen molar-refractivity contribution in [2.24, 2.45) is 5.73 Å². The zero-order valence-corrected chi connectivity index (χ0v) is 10.6. The van der Waals surface area contributed by atoms with E-state index in [2.05, 4.69) is 5.32 Å². The van der Waals surface area contributed by atoms with E-state index in [4.69, 9.17) is 10.8 Å². The van der Waals surface area contributed by atoms with Gasteiger partial charge in [-0.3, -0.25) is 4.79 Å². The third-order valence-corrected chi connectivity index (χ3v) is 2.86. The number of carboxylic acid groups (broad SMARTS) is 1. The maximum absolute atomic E-state index is 12.1. The molecule has 0 bridgehead atoms. The molecule has 0 aliphatic carbocycles. The molecular weight excluding hydrogens is 256 g/mol. The Morgan fingerprint density at radius 2 is 1.60 bits per heavy atom. The second-order valence-corrected chi connectivity index (χ2v) is 4.23. The number of amides is 1. The first-order chi connectivity index (χ1) is 9.59. The number of anilines is 1. The quantitative estimate of drug-likeness (QED) is 0.792. The van der Waals surface area contributed by atoms with Crippen molar-refractivity contribution in [2.45, 2.75) is 6.04 Å². The molecule has 0 aliphatic heterocycles. The standard InChI is InChI=1S/C15H14N2O3/c16-13(10-6-2-1-3-7-10)14(18)17-12-9-5-4-8-11(12)15(19)20/h1-9,13H,16H2,(H,17,18)(H,19,20). The Morgan fingerprint density at radius 1 is 1.00 bits per heavy atom. The molecule has 20 heavy (non-hydrogen) atoms. The molecule has 5 heteroatoms. The van der Waals surface area contributed by atoms with Crippen LogP contribution in [0.2, 0.25) is 0 Å². The summed E-state index contributed by atoms with van der Waals surface area (Å²) in [4.78, 5) is 23.1. The predicted molar refractivity (Wildman–Crippen MR) is 75.4 cm³/mol. The van der Waals surface area contributed by atoms with Gasteiger partial charge >= 0.3 is 5.97 Å². The molecule has 0 saturated carbocycles. The lowest BCUT2D eigenvalue weighted by Gasteiger charge is -2.13. The third kappa shape index (κ3) is 3.02. The molecule has 0 saturated heterocycles. The van der Waals surface area contributed by atoms with Gasteiger partial charge in [0, 0.05) is 0 Å². The van der Waals surface area contributed by atoms with Crippen molar-refractivity contribution in [2.75, 3.05) is 5.32 Å². The van der Waals surface area contributed by atoms with Crippen LogP contribution in [0, 0.1) is 0 Å². The largest absolute Gasteiger partial charge is 0.478 e. The molecule has 5 nitrogen and oxygen atoms in total. The molecule has 0 aromatic heterocycles. The molecule has 0 spiro atoms. The number of rotatable bonds is 4. The van der Waals surface area contributed by atoms with Gasteiger partial charge in [-0.1, -0.05) is 42.5 Å². The fourth-order valence-electron chi connectivity index (χ4n) is 1.80. The zero-order chi connectivity index (χ0) is 14.5. The molecule has 1 amide bonds. The normalized spacial score (nSPS) is 11.7. The molecule has 2 aromatic carbocycles. The van der Waals surface area contributed by atoms with Crippen molar-refractivity contribution in [1.82, 2.24) is 0 Å². The summed E-state index contributed by atoms with van der Waals surface area (Å²) in [5.74, 6) is -1.56. The number of carbonyl (C=O) groups excluding carboxylic acids is 1. The predicted octanol–water partition coefficient (Wildman–Crippen LogP) is 2.02. The van der Waals surface area contributed by atoms with Gasteiger partial charge in [0.05, 0.1) is 11.3 Å². The van der Waals surface area contributed by atoms with Crippen molar-refractivity contribution in [1.29, 1.82) is 0 Å². The minimum atomic E-state index is -1.10. The van der Waals surface area contributed by atoms with Crippen molar-refractivity contribution in [3.05, 3.63) is 65.7 Å². The molecule has 0 heterocycles. The molecule has 4 N–H and O–H groups in total. The van der Waals surface area contributed by atoms with Gasteiger partial charge in [-0.2, -0.15) is 0 Å². The first kappa shape index (κ1) is 13.8. The zero-order valence-electron chi connectivity index (χ0n) is 10.6. The summed E-state index contributed by atoms with van der Waals surface area (Å²) < 4.78 is 0. The molecule has 2 rings (SSSR count). The van der Waals surface area contributed by atoms with E-state index < -0.39 is 17.9 Å². The van der Waals surface area contributed by atoms with E-state index in [-0.39, 0.29) is 11.3 Å². The summed E-state index contributed by atoms with van der Waals surface area (Å²) in [5.41, 5.74) is 6.78. The van der Waals surface area contributed by atoms with E-state index >= 15 is 0 Å². The lowest BCUT2D eigenvalue weighted by molar-refractivity contribution is -0.117. The Morgan fingerprint density at radius 3 is 2.25 bits per heavy atom. The Hall–Kier alpha value is -2.66. The van der Waals surface area contributed by atoms with Gasteiger partial charge in [-0.15, -0.1) is 0 Å². The molecule has 1 atom stereocenters. The average molecular weight is 270 g/mol. The lowest BCUT2D eigenvalue weighted by atomic mass is 10.1. The highest BCUT2D eigenvalue weighted by molar-refractivity contribution is 6.02. The van der Waals surface area contributed by atoms with Crippen molar-refractivity contribution in [3.63, 3.8) is 0 Å². The fraction of sp³-hybridized carbons (Fsp3) is 0.0667. The monoisotopic (exact) mass is 270 g/mol. The number of carboxylic acids is 1. The number of benzene rings is 2. The first-order valence-electron chi connectivity index (χ1n) is 6.03. The van der Waals surface area contributed by atoms with Crippen LogP contribution in [0.5, 0.6) is 0 Å². The van der Waals surface area contributed by atoms with Gasteiger partial charge in [0.15, 0.2) is 0 Å². The van der Waals surface area contributed by atoms with E-state index in [9.17, 15) is 9.59 Å². The number of para-hydroxylation sites is 1. The molecule has 1 unspecified atom stereocenters. The van der Waals surface area contributed by atoms with Crippen LogP contribution in [-0.4, -0.2) is 17.0 Å².